The normalized spacial score (nSPS) is 18.5. The topological polar surface area (TPSA) is 20.3 Å². The van der Waals surface area contributed by atoms with Crippen molar-refractivity contribution in [1.82, 2.24) is 4.90 Å². The molecule has 4 heteroatoms. The minimum Gasteiger partial charge on any atom is -0.296 e. The molecule has 2 aromatic rings. The summed E-state index contributed by atoms with van der Waals surface area (Å²) in [6, 6.07) is 8.50. The predicted octanol–water partition coefficient (Wildman–Crippen LogP) is 4.08. The smallest absolute Gasteiger partial charge is 0.164 e. The molecule has 2 heterocycles. The number of hydrogen-bond acceptors (Lipinski definition) is 3. The second-order valence-corrected chi connectivity index (χ2v) is 6.45. The van der Waals surface area contributed by atoms with E-state index < -0.39 is 0 Å². The molecule has 1 aliphatic heterocycles. The van der Waals surface area contributed by atoms with Crippen LogP contribution in [0.2, 0.25) is 0 Å². The summed E-state index contributed by atoms with van der Waals surface area (Å²) < 4.78 is 13.2. The molecule has 0 fully saturated rings. The van der Waals surface area contributed by atoms with E-state index in [1.807, 2.05) is 11.3 Å². The molecule has 1 aromatic heterocycles. The van der Waals surface area contributed by atoms with Gasteiger partial charge >= 0.3 is 0 Å². The van der Waals surface area contributed by atoms with Gasteiger partial charge in [-0.25, -0.2) is 4.39 Å². The van der Waals surface area contributed by atoms with Crippen LogP contribution in [0.15, 0.2) is 35.7 Å². The first-order valence-electron chi connectivity index (χ1n) is 7.24. The Bertz CT molecular complexity index is 652. The van der Waals surface area contributed by atoms with Crippen molar-refractivity contribution in [3.63, 3.8) is 0 Å². The van der Waals surface area contributed by atoms with Crippen molar-refractivity contribution in [3.8, 4) is 0 Å². The molecule has 0 saturated carbocycles. The molecule has 2 nitrogen and oxygen atoms in total. The lowest BCUT2D eigenvalue weighted by Crippen LogP contribution is -2.34. The first kappa shape index (κ1) is 14.4. The molecule has 0 bridgehead atoms. The van der Waals surface area contributed by atoms with Crippen LogP contribution in [0.3, 0.4) is 0 Å². The molecule has 3 rings (SSSR count). The fourth-order valence-electron chi connectivity index (χ4n) is 2.92. The van der Waals surface area contributed by atoms with Crippen molar-refractivity contribution in [1.29, 1.82) is 0 Å². The van der Waals surface area contributed by atoms with Gasteiger partial charge in [-0.15, -0.1) is 11.3 Å². The Kier molecular flexibility index (Phi) is 4.17. The van der Waals surface area contributed by atoms with Crippen LogP contribution in [0, 0.1) is 5.82 Å². The maximum Gasteiger partial charge on any atom is 0.164 e. The molecule has 1 aliphatic rings. The highest BCUT2D eigenvalue weighted by molar-refractivity contribution is 7.10. The van der Waals surface area contributed by atoms with Crippen LogP contribution in [-0.2, 0) is 6.42 Å². The maximum atomic E-state index is 13.2. The van der Waals surface area contributed by atoms with Crippen molar-refractivity contribution >= 4 is 17.1 Å². The molecular formula is C17H18FNOS. The number of nitrogens with zero attached hydrogens (tertiary/aromatic N) is 1. The van der Waals surface area contributed by atoms with Crippen molar-refractivity contribution in [2.45, 2.75) is 25.8 Å². The number of fused-ring (bicyclic) bond motifs is 1. The van der Waals surface area contributed by atoms with Gasteiger partial charge in [-0.2, -0.15) is 0 Å². The first-order chi connectivity index (χ1) is 10.1. The van der Waals surface area contributed by atoms with Crippen LogP contribution in [0.5, 0.6) is 0 Å². The monoisotopic (exact) mass is 303 g/mol. The second-order valence-electron chi connectivity index (χ2n) is 5.44. The second kappa shape index (κ2) is 6.08. The SMILES string of the molecule is CC1c2ccsc2CCN1CCC(=O)c1cccc(F)c1. The highest BCUT2D eigenvalue weighted by Crippen LogP contribution is 2.32. The molecular weight excluding hydrogens is 285 g/mol. The fourth-order valence-corrected chi connectivity index (χ4v) is 3.88. The van der Waals surface area contributed by atoms with Crippen LogP contribution < -0.4 is 0 Å². The van der Waals surface area contributed by atoms with Crippen molar-refractivity contribution in [2.75, 3.05) is 13.1 Å². The Hall–Kier alpha value is -1.52. The van der Waals surface area contributed by atoms with Gasteiger partial charge in [-0.05, 0) is 42.5 Å². The summed E-state index contributed by atoms with van der Waals surface area (Å²) in [5.41, 5.74) is 1.86. The number of halogens is 1. The third-order valence-electron chi connectivity index (χ3n) is 4.18. The number of ketones is 1. The summed E-state index contributed by atoms with van der Waals surface area (Å²) in [5.74, 6) is -0.340. The van der Waals surface area contributed by atoms with Gasteiger partial charge in [0.25, 0.3) is 0 Å². The molecule has 1 aromatic carbocycles. The number of hydrogen-bond donors (Lipinski definition) is 0. The Morgan fingerprint density at radius 2 is 2.29 bits per heavy atom. The maximum absolute atomic E-state index is 13.2. The van der Waals surface area contributed by atoms with E-state index in [1.54, 1.807) is 12.1 Å². The zero-order valence-electron chi connectivity index (χ0n) is 12.0. The lowest BCUT2D eigenvalue weighted by Gasteiger charge is -2.33. The zero-order valence-corrected chi connectivity index (χ0v) is 12.8. The van der Waals surface area contributed by atoms with Gasteiger partial charge in [0.2, 0.25) is 0 Å². The molecule has 1 atom stereocenters. The number of benzene rings is 1. The summed E-state index contributed by atoms with van der Waals surface area (Å²) in [6.45, 7) is 3.91. The number of carbonyl (C=O) groups excluding carboxylic acids is 1. The van der Waals surface area contributed by atoms with E-state index in [-0.39, 0.29) is 11.6 Å². The quantitative estimate of drug-likeness (QED) is 0.793. The number of thiophene rings is 1. The van der Waals surface area contributed by atoms with Crippen molar-refractivity contribution in [2.24, 2.45) is 0 Å². The summed E-state index contributed by atoms with van der Waals surface area (Å²) in [7, 11) is 0. The van der Waals surface area contributed by atoms with Gasteiger partial charge in [0.1, 0.15) is 5.82 Å². The summed E-state index contributed by atoms with van der Waals surface area (Å²) >= 11 is 1.82. The third-order valence-corrected chi connectivity index (χ3v) is 5.17. The Labute approximate surface area is 128 Å². The minimum absolute atomic E-state index is 0.0119. The molecule has 0 N–H and O–H groups in total. The van der Waals surface area contributed by atoms with E-state index in [0.29, 0.717) is 18.0 Å². The molecule has 110 valence electrons. The van der Waals surface area contributed by atoms with Gasteiger partial charge < -0.3 is 0 Å². The summed E-state index contributed by atoms with van der Waals surface area (Å²) in [4.78, 5) is 16.0. The largest absolute Gasteiger partial charge is 0.296 e. The van der Waals surface area contributed by atoms with Crippen molar-refractivity contribution < 1.29 is 9.18 Å². The number of carbonyl (C=O) groups is 1. The fraction of sp³-hybridized carbons (Fsp3) is 0.353. The number of rotatable bonds is 4. The zero-order chi connectivity index (χ0) is 14.8. The molecule has 0 saturated heterocycles. The minimum atomic E-state index is -0.352. The Balaban J connectivity index is 1.62. The average Bonchev–Trinajstić information content (AvgIpc) is 2.95. The molecule has 1 unspecified atom stereocenters. The average molecular weight is 303 g/mol. The third kappa shape index (κ3) is 3.06. The van der Waals surface area contributed by atoms with E-state index in [2.05, 4.69) is 23.3 Å². The summed E-state index contributed by atoms with van der Waals surface area (Å²) in [5, 5.41) is 2.14. The summed E-state index contributed by atoms with van der Waals surface area (Å²) in [6.07, 6.45) is 1.50. The Morgan fingerprint density at radius 1 is 1.43 bits per heavy atom. The van der Waals surface area contributed by atoms with Gasteiger partial charge in [-0.1, -0.05) is 12.1 Å². The highest BCUT2D eigenvalue weighted by atomic mass is 32.1. The lowest BCUT2D eigenvalue weighted by molar-refractivity contribution is 0.0949. The highest BCUT2D eigenvalue weighted by Gasteiger charge is 2.24. The predicted molar refractivity (Wildman–Crippen MR) is 83.4 cm³/mol. The molecule has 21 heavy (non-hydrogen) atoms. The van der Waals surface area contributed by atoms with Crippen molar-refractivity contribution in [3.05, 3.63) is 57.5 Å². The molecule has 0 spiro atoms. The number of Topliss-reactive ketones (excluding diaryl/α,β-unsaturated/α-hetero) is 1. The standard InChI is InChI=1S/C17H18FNOS/c1-12-15-7-10-21-17(15)6-9-19(12)8-5-16(20)13-3-2-4-14(18)11-13/h2-4,7,10-12H,5-6,8-9H2,1H3. The first-order valence-corrected chi connectivity index (χ1v) is 8.12. The molecule has 0 radical (unpaired) electrons. The Morgan fingerprint density at radius 3 is 3.10 bits per heavy atom. The van der Waals surface area contributed by atoms with Gasteiger partial charge in [0, 0.05) is 36.0 Å². The van der Waals surface area contributed by atoms with Crippen LogP contribution in [0.4, 0.5) is 4.39 Å². The van der Waals surface area contributed by atoms with E-state index in [0.717, 1.165) is 19.5 Å². The molecule has 0 aliphatic carbocycles. The van der Waals surface area contributed by atoms with E-state index in [1.165, 1.54) is 22.6 Å². The van der Waals surface area contributed by atoms with Gasteiger partial charge in [-0.3, -0.25) is 9.69 Å². The van der Waals surface area contributed by atoms with Crippen LogP contribution >= 0.6 is 11.3 Å². The van der Waals surface area contributed by atoms with Crippen LogP contribution in [-0.4, -0.2) is 23.8 Å². The van der Waals surface area contributed by atoms with Gasteiger partial charge in [0.05, 0.1) is 0 Å². The van der Waals surface area contributed by atoms with E-state index >= 15 is 0 Å². The van der Waals surface area contributed by atoms with E-state index in [9.17, 15) is 9.18 Å². The van der Waals surface area contributed by atoms with Crippen LogP contribution in [0.1, 0.15) is 40.2 Å². The van der Waals surface area contributed by atoms with E-state index in [4.69, 9.17) is 0 Å². The molecule has 0 amide bonds. The van der Waals surface area contributed by atoms with Crippen LogP contribution in [0.25, 0.3) is 0 Å². The lowest BCUT2D eigenvalue weighted by atomic mass is 10.0. The van der Waals surface area contributed by atoms with Gasteiger partial charge in [0.15, 0.2) is 5.78 Å².